The van der Waals surface area contributed by atoms with E-state index in [9.17, 15) is 14.4 Å². The zero-order valence-corrected chi connectivity index (χ0v) is 11.2. The van der Waals surface area contributed by atoms with Crippen molar-refractivity contribution in [1.82, 2.24) is 15.5 Å². The molecule has 7 nitrogen and oxygen atoms in total. The van der Waals surface area contributed by atoms with Crippen LogP contribution < -0.4 is 10.6 Å². The molecular weight excluding hydrogens is 238 g/mol. The summed E-state index contributed by atoms with van der Waals surface area (Å²) in [6.07, 6.45) is 0. The van der Waals surface area contributed by atoms with Gasteiger partial charge in [-0.05, 0) is 12.8 Å². The zero-order chi connectivity index (χ0) is 14.3. The second kappa shape index (κ2) is 7.52. The van der Waals surface area contributed by atoms with E-state index >= 15 is 0 Å². The molecular formula is C11H21N3O4. The van der Waals surface area contributed by atoms with Gasteiger partial charge in [0.1, 0.15) is 12.6 Å². The minimum absolute atomic E-state index is 0.291. The normalized spacial score (nSPS) is 11.8. The molecule has 3 amide bonds. The van der Waals surface area contributed by atoms with E-state index in [1.54, 1.807) is 6.92 Å². The molecule has 1 unspecified atom stereocenters. The molecule has 0 aromatic rings. The Morgan fingerprint density at radius 1 is 1.22 bits per heavy atom. The van der Waals surface area contributed by atoms with Gasteiger partial charge in [0.05, 0.1) is 0 Å². The number of carboxylic acids is 1. The lowest BCUT2D eigenvalue weighted by molar-refractivity contribution is -0.137. The fourth-order valence-electron chi connectivity index (χ4n) is 1.09. The van der Waals surface area contributed by atoms with Crippen molar-refractivity contribution >= 4 is 17.9 Å². The number of carboxylic acid groups (broad SMARTS) is 1. The minimum atomic E-state index is -1.11. The van der Waals surface area contributed by atoms with Crippen LogP contribution in [0.5, 0.6) is 0 Å². The SMILES string of the molecule is CC(C)CNC(=O)C(C)NC(=O)N(C)CC(=O)O. The summed E-state index contributed by atoms with van der Waals surface area (Å²) < 4.78 is 0. The van der Waals surface area contributed by atoms with Crippen LogP contribution in [-0.4, -0.2) is 54.1 Å². The van der Waals surface area contributed by atoms with Gasteiger partial charge in [-0.15, -0.1) is 0 Å². The molecule has 0 bridgehead atoms. The van der Waals surface area contributed by atoms with Gasteiger partial charge < -0.3 is 20.6 Å². The number of urea groups is 1. The number of likely N-dealkylation sites (N-methyl/N-ethyl adjacent to an activating group) is 1. The van der Waals surface area contributed by atoms with Crippen LogP contribution in [0, 0.1) is 5.92 Å². The lowest BCUT2D eigenvalue weighted by Crippen LogP contribution is -2.50. The monoisotopic (exact) mass is 259 g/mol. The maximum absolute atomic E-state index is 11.6. The van der Waals surface area contributed by atoms with Gasteiger partial charge in [-0.25, -0.2) is 4.79 Å². The van der Waals surface area contributed by atoms with E-state index in [1.807, 2.05) is 13.8 Å². The first-order valence-electron chi connectivity index (χ1n) is 5.75. The second-order valence-electron chi connectivity index (χ2n) is 4.56. The van der Waals surface area contributed by atoms with Crippen LogP contribution in [0.25, 0.3) is 0 Å². The van der Waals surface area contributed by atoms with Gasteiger partial charge in [0, 0.05) is 13.6 Å². The molecule has 0 aromatic carbocycles. The minimum Gasteiger partial charge on any atom is -0.480 e. The number of hydrogen-bond acceptors (Lipinski definition) is 3. The Kier molecular flexibility index (Phi) is 6.77. The number of aliphatic carboxylic acids is 1. The summed E-state index contributed by atoms with van der Waals surface area (Å²) in [5, 5.41) is 13.6. The van der Waals surface area contributed by atoms with Crippen molar-refractivity contribution in [3.05, 3.63) is 0 Å². The Bertz CT molecular complexity index is 317. The Balaban J connectivity index is 4.13. The molecule has 0 fully saturated rings. The fraction of sp³-hybridized carbons (Fsp3) is 0.727. The van der Waals surface area contributed by atoms with Crippen molar-refractivity contribution in [2.24, 2.45) is 5.92 Å². The number of hydrogen-bond donors (Lipinski definition) is 3. The Morgan fingerprint density at radius 3 is 2.22 bits per heavy atom. The molecule has 7 heteroatoms. The number of amides is 3. The van der Waals surface area contributed by atoms with Crippen molar-refractivity contribution in [3.8, 4) is 0 Å². The summed E-state index contributed by atoms with van der Waals surface area (Å²) in [4.78, 5) is 34.5. The number of nitrogens with zero attached hydrogens (tertiary/aromatic N) is 1. The van der Waals surface area contributed by atoms with Crippen molar-refractivity contribution in [2.45, 2.75) is 26.8 Å². The summed E-state index contributed by atoms with van der Waals surface area (Å²) in [6.45, 7) is 5.59. The molecule has 0 heterocycles. The summed E-state index contributed by atoms with van der Waals surface area (Å²) in [7, 11) is 1.35. The maximum atomic E-state index is 11.6. The molecule has 0 spiro atoms. The van der Waals surface area contributed by atoms with Gasteiger partial charge in [-0.1, -0.05) is 13.8 Å². The van der Waals surface area contributed by atoms with E-state index in [1.165, 1.54) is 7.05 Å². The van der Waals surface area contributed by atoms with Gasteiger partial charge in [-0.3, -0.25) is 9.59 Å². The molecule has 0 aromatic heterocycles. The molecule has 104 valence electrons. The summed E-state index contributed by atoms with van der Waals surface area (Å²) >= 11 is 0. The molecule has 1 atom stereocenters. The Morgan fingerprint density at radius 2 is 1.78 bits per heavy atom. The average Bonchev–Trinajstić information content (AvgIpc) is 2.24. The van der Waals surface area contributed by atoms with E-state index < -0.39 is 24.6 Å². The quantitative estimate of drug-likeness (QED) is 0.619. The van der Waals surface area contributed by atoms with Crippen LogP contribution in [0.15, 0.2) is 0 Å². The van der Waals surface area contributed by atoms with Gasteiger partial charge in [-0.2, -0.15) is 0 Å². The third-order valence-corrected chi connectivity index (χ3v) is 2.14. The highest BCUT2D eigenvalue weighted by molar-refractivity contribution is 5.87. The molecule has 0 aliphatic carbocycles. The highest BCUT2D eigenvalue weighted by Crippen LogP contribution is 1.91. The topological polar surface area (TPSA) is 98.7 Å². The lowest BCUT2D eigenvalue weighted by atomic mass is 10.2. The van der Waals surface area contributed by atoms with Gasteiger partial charge in [0.25, 0.3) is 0 Å². The van der Waals surface area contributed by atoms with Crippen molar-refractivity contribution in [3.63, 3.8) is 0 Å². The standard InChI is InChI=1S/C11H21N3O4/c1-7(2)5-12-10(17)8(3)13-11(18)14(4)6-9(15)16/h7-8H,5-6H2,1-4H3,(H,12,17)(H,13,18)(H,15,16). The lowest BCUT2D eigenvalue weighted by Gasteiger charge is -2.19. The maximum Gasteiger partial charge on any atom is 0.323 e. The largest absolute Gasteiger partial charge is 0.480 e. The van der Waals surface area contributed by atoms with Crippen molar-refractivity contribution < 1.29 is 19.5 Å². The molecule has 0 saturated heterocycles. The smallest absolute Gasteiger partial charge is 0.323 e. The fourth-order valence-corrected chi connectivity index (χ4v) is 1.09. The highest BCUT2D eigenvalue weighted by Gasteiger charge is 2.18. The molecule has 0 aliphatic rings. The zero-order valence-electron chi connectivity index (χ0n) is 11.2. The number of carbonyl (C=O) groups excluding carboxylic acids is 2. The summed E-state index contributed by atoms with van der Waals surface area (Å²) in [5.41, 5.74) is 0. The molecule has 3 N–H and O–H groups in total. The summed E-state index contributed by atoms with van der Waals surface area (Å²) in [6, 6.07) is -1.29. The van der Waals surface area contributed by atoms with E-state index in [0.717, 1.165) is 4.90 Å². The van der Waals surface area contributed by atoms with Crippen LogP contribution >= 0.6 is 0 Å². The number of rotatable bonds is 6. The highest BCUT2D eigenvalue weighted by atomic mass is 16.4. The predicted octanol–water partition coefficient (Wildman–Crippen LogP) is -0.127. The second-order valence-corrected chi connectivity index (χ2v) is 4.56. The Hall–Kier alpha value is -1.79. The van der Waals surface area contributed by atoms with Crippen molar-refractivity contribution in [2.75, 3.05) is 20.1 Å². The Labute approximate surface area is 107 Å². The summed E-state index contributed by atoms with van der Waals surface area (Å²) in [5.74, 6) is -1.07. The third kappa shape index (κ3) is 6.72. The van der Waals surface area contributed by atoms with E-state index in [0.29, 0.717) is 12.5 Å². The molecule has 0 saturated carbocycles. The molecule has 0 aliphatic heterocycles. The first-order chi connectivity index (χ1) is 8.23. The predicted molar refractivity (Wildman–Crippen MR) is 66.1 cm³/mol. The number of nitrogens with one attached hydrogen (secondary N) is 2. The van der Waals surface area contributed by atoms with Gasteiger partial charge >= 0.3 is 12.0 Å². The average molecular weight is 259 g/mol. The van der Waals surface area contributed by atoms with Crippen molar-refractivity contribution in [1.29, 1.82) is 0 Å². The van der Waals surface area contributed by atoms with E-state index in [4.69, 9.17) is 5.11 Å². The van der Waals surface area contributed by atoms with Crippen LogP contribution in [-0.2, 0) is 9.59 Å². The van der Waals surface area contributed by atoms with E-state index in [2.05, 4.69) is 10.6 Å². The first kappa shape index (κ1) is 16.2. The van der Waals surface area contributed by atoms with Crippen LogP contribution in [0.4, 0.5) is 4.79 Å². The molecule has 0 radical (unpaired) electrons. The van der Waals surface area contributed by atoms with Gasteiger partial charge in [0.15, 0.2) is 0 Å². The molecule has 0 rings (SSSR count). The van der Waals surface area contributed by atoms with Crippen LogP contribution in [0.2, 0.25) is 0 Å². The van der Waals surface area contributed by atoms with Crippen LogP contribution in [0.1, 0.15) is 20.8 Å². The third-order valence-electron chi connectivity index (χ3n) is 2.14. The first-order valence-corrected chi connectivity index (χ1v) is 5.75. The van der Waals surface area contributed by atoms with E-state index in [-0.39, 0.29) is 5.91 Å². The molecule has 18 heavy (non-hydrogen) atoms. The van der Waals surface area contributed by atoms with Gasteiger partial charge in [0.2, 0.25) is 5.91 Å². The van der Waals surface area contributed by atoms with Crippen LogP contribution in [0.3, 0.4) is 0 Å². The number of carbonyl (C=O) groups is 3.